The number of aryl methyl sites for hydroxylation is 2. The first-order chi connectivity index (χ1) is 12.7. The Labute approximate surface area is 160 Å². The van der Waals surface area contributed by atoms with Crippen LogP contribution in [0, 0.1) is 19.8 Å². The van der Waals surface area contributed by atoms with Gasteiger partial charge in [-0.05, 0) is 62.8 Å². The van der Waals surface area contributed by atoms with E-state index in [1.165, 1.54) is 9.21 Å². The van der Waals surface area contributed by atoms with Crippen LogP contribution in [-0.2, 0) is 19.6 Å². The summed E-state index contributed by atoms with van der Waals surface area (Å²) in [5, 5.41) is 9.27. The van der Waals surface area contributed by atoms with Crippen molar-refractivity contribution >= 4 is 21.9 Å². The van der Waals surface area contributed by atoms with Gasteiger partial charge in [-0.15, -0.1) is 0 Å². The summed E-state index contributed by atoms with van der Waals surface area (Å²) < 4.78 is 27.2. The van der Waals surface area contributed by atoms with E-state index in [1.54, 1.807) is 18.2 Å². The smallest absolute Gasteiger partial charge is 0.326 e. The van der Waals surface area contributed by atoms with Gasteiger partial charge in [0.25, 0.3) is 0 Å². The number of carbonyl (C=O) groups excluding carboxylic acids is 1. The molecule has 7 nitrogen and oxygen atoms in total. The van der Waals surface area contributed by atoms with E-state index in [2.05, 4.69) is 0 Å². The van der Waals surface area contributed by atoms with E-state index < -0.39 is 22.0 Å². The van der Waals surface area contributed by atoms with Crippen LogP contribution >= 0.6 is 0 Å². The van der Waals surface area contributed by atoms with E-state index in [0.717, 1.165) is 11.1 Å². The molecule has 0 bridgehead atoms. The molecule has 8 heteroatoms. The number of carbonyl (C=O) groups is 2. The molecule has 2 fully saturated rings. The summed E-state index contributed by atoms with van der Waals surface area (Å²) in [7, 11) is -3.58. The molecule has 2 saturated heterocycles. The quantitative estimate of drug-likeness (QED) is 0.840. The van der Waals surface area contributed by atoms with Gasteiger partial charge in [-0.3, -0.25) is 4.79 Å². The molecule has 148 valence electrons. The Bertz CT molecular complexity index is 844. The minimum atomic E-state index is -3.58. The second kappa shape index (κ2) is 7.59. The van der Waals surface area contributed by atoms with Crippen molar-refractivity contribution in [1.82, 2.24) is 9.21 Å². The van der Waals surface area contributed by atoms with Gasteiger partial charge in [0.15, 0.2) is 0 Å². The summed E-state index contributed by atoms with van der Waals surface area (Å²) in [6, 6.07) is 4.37. The first-order valence-corrected chi connectivity index (χ1v) is 10.8. The van der Waals surface area contributed by atoms with Crippen molar-refractivity contribution in [3.05, 3.63) is 29.3 Å². The highest BCUT2D eigenvalue weighted by Crippen LogP contribution is 2.28. The highest BCUT2D eigenvalue weighted by Gasteiger charge is 2.39. The van der Waals surface area contributed by atoms with Gasteiger partial charge in [-0.2, -0.15) is 4.31 Å². The third-order valence-electron chi connectivity index (χ3n) is 5.74. The average Bonchev–Trinajstić information content (AvgIpc) is 3.13. The van der Waals surface area contributed by atoms with Crippen molar-refractivity contribution in [1.29, 1.82) is 0 Å². The maximum atomic E-state index is 12.9. The summed E-state index contributed by atoms with van der Waals surface area (Å²) in [4.78, 5) is 25.8. The number of piperidine rings is 1. The Morgan fingerprint density at radius 2 is 1.70 bits per heavy atom. The molecule has 27 heavy (non-hydrogen) atoms. The zero-order chi connectivity index (χ0) is 19.8. The van der Waals surface area contributed by atoms with Gasteiger partial charge in [0.05, 0.1) is 4.90 Å². The molecular formula is C19H26N2O5S. The summed E-state index contributed by atoms with van der Waals surface area (Å²) >= 11 is 0. The lowest BCUT2D eigenvalue weighted by Gasteiger charge is -2.33. The number of hydrogen-bond donors (Lipinski definition) is 1. The van der Waals surface area contributed by atoms with E-state index in [1.807, 2.05) is 13.8 Å². The zero-order valence-electron chi connectivity index (χ0n) is 15.7. The average molecular weight is 394 g/mol. The Kier molecular flexibility index (Phi) is 5.58. The van der Waals surface area contributed by atoms with Gasteiger partial charge in [0.2, 0.25) is 15.9 Å². The van der Waals surface area contributed by atoms with Crippen molar-refractivity contribution in [2.75, 3.05) is 19.6 Å². The molecule has 0 aromatic heterocycles. The summed E-state index contributed by atoms with van der Waals surface area (Å²) in [6.45, 7) is 4.84. The third-order valence-corrected chi connectivity index (χ3v) is 7.63. The van der Waals surface area contributed by atoms with E-state index in [9.17, 15) is 23.1 Å². The van der Waals surface area contributed by atoms with Crippen LogP contribution in [0.4, 0.5) is 0 Å². The summed E-state index contributed by atoms with van der Waals surface area (Å²) in [5.74, 6) is -1.42. The molecule has 2 aliphatic heterocycles. The first-order valence-electron chi connectivity index (χ1n) is 9.32. The highest BCUT2D eigenvalue weighted by molar-refractivity contribution is 7.89. The number of carboxylic acids is 1. The number of nitrogens with zero attached hydrogens (tertiary/aromatic N) is 2. The van der Waals surface area contributed by atoms with Crippen LogP contribution in [0.1, 0.15) is 36.8 Å². The Morgan fingerprint density at radius 1 is 1.04 bits per heavy atom. The fourth-order valence-corrected chi connectivity index (χ4v) is 5.44. The van der Waals surface area contributed by atoms with E-state index in [0.29, 0.717) is 32.2 Å². The molecule has 0 radical (unpaired) electrons. The number of likely N-dealkylation sites (tertiary alicyclic amines) is 1. The minimum Gasteiger partial charge on any atom is -0.480 e. The summed E-state index contributed by atoms with van der Waals surface area (Å²) in [5.41, 5.74) is 1.96. The predicted molar refractivity (Wildman–Crippen MR) is 99.8 cm³/mol. The Morgan fingerprint density at radius 3 is 2.30 bits per heavy atom. The molecule has 1 amide bonds. The van der Waals surface area contributed by atoms with Crippen molar-refractivity contribution in [2.24, 2.45) is 5.92 Å². The molecule has 1 aromatic rings. The minimum absolute atomic E-state index is 0.150. The lowest BCUT2D eigenvalue weighted by molar-refractivity contribution is -0.150. The van der Waals surface area contributed by atoms with Crippen LogP contribution in [-0.4, -0.2) is 60.3 Å². The molecule has 0 spiro atoms. The molecule has 0 unspecified atom stereocenters. The number of amides is 1. The molecule has 0 aliphatic carbocycles. The molecule has 1 N–H and O–H groups in total. The largest absolute Gasteiger partial charge is 0.480 e. The molecule has 3 rings (SSSR count). The van der Waals surface area contributed by atoms with E-state index >= 15 is 0 Å². The van der Waals surface area contributed by atoms with Crippen LogP contribution in [0.25, 0.3) is 0 Å². The second-order valence-electron chi connectivity index (χ2n) is 7.45. The number of carboxylic acid groups (broad SMARTS) is 1. The fourth-order valence-electron chi connectivity index (χ4n) is 3.89. The molecule has 2 heterocycles. The van der Waals surface area contributed by atoms with Gasteiger partial charge >= 0.3 is 5.97 Å². The maximum Gasteiger partial charge on any atom is 0.326 e. The topological polar surface area (TPSA) is 95.0 Å². The highest BCUT2D eigenvalue weighted by atomic mass is 32.2. The molecule has 0 saturated carbocycles. The number of aliphatic carboxylic acids is 1. The standard InChI is InChI=1S/C19H26N2O5S/c1-13-5-6-16(12-14(13)2)27(25,26)20-10-7-15(8-11-20)18(22)21-9-3-4-17(21)19(23)24/h5-6,12,15,17H,3-4,7-11H2,1-2H3,(H,23,24)/t17-/m1/s1. The predicted octanol–water partition coefficient (Wildman–Crippen LogP) is 1.78. The molecule has 1 atom stereocenters. The lowest BCUT2D eigenvalue weighted by Crippen LogP contribution is -2.47. The summed E-state index contributed by atoms with van der Waals surface area (Å²) in [6.07, 6.45) is 2.03. The molecule has 2 aliphatic rings. The normalized spacial score (nSPS) is 22.1. The van der Waals surface area contributed by atoms with Crippen LogP contribution in [0.3, 0.4) is 0 Å². The lowest BCUT2D eigenvalue weighted by atomic mass is 9.96. The van der Waals surface area contributed by atoms with Crippen molar-refractivity contribution in [2.45, 2.75) is 50.5 Å². The number of benzene rings is 1. The Hall–Kier alpha value is -1.93. The van der Waals surface area contributed by atoms with E-state index in [-0.39, 0.29) is 29.8 Å². The fraction of sp³-hybridized carbons (Fsp3) is 0.579. The number of sulfonamides is 1. The van der Waals surface area contributed by atoms with Crippen molar-refractivity contribution in [3.63, 3.8) is 0 Å². The Balaban J connectivity index is 1.67. The molecule has 1 aromatic carbocycles. The van der Waals surface area contributed by atoms with Gasteiger partial charge in [-0.25, -0.2) is 13.2 Å². The number of rotatable bonds is 4. The zero-order valence-corrected chi connectivity index (χ0v) is 16.5. The van der Waals surface area contributed by atoms with Gasteiger partial charge in [0.1, 0.15) is 6.04 Å². The van der Waals surface area contributed by atoms with Gasteiger partial charge < -0.3 is 10.0 Å². The maximum absolute atomic E-state index is 12.9. The second-order valence-corrected chi connectivity index (χ2v) is 9.39. The van der Waals surface area contributed by atoms with Crippen molar-refractivity contribution in [3.8, 4) is 0 Å². The van der Waals surface area contributed by atoms with Crippen LogP contribution in [0.15, 0.2) is 23.1 Å². The SMILES string of the molecule is Cc1ccc(S(=O)(=O)N2CCC(C(=O)N3CCC[C@@H]3C(=O)O)CC2)cc1C. The first kappa shape index (κ1) is 19.8. The monoisotopic (exact) mass is 394 g/mol. The van der Waals surface area contributed by atoms with Gasteiger partial charge in [0, 0.05) is 25.6 Å². The van der Waals surface area contributed by atoms with Gasteiger partial charge in [-0.1, -0.05) is 6.07 Å². The third kappa shape index (κ3) is 3.87. The molecular weight excluding hydrogens is 368 g/mol. The number of hydrogen-bond acceptors (Lipinski definition) is 4. The van der Waals surface area contributed by atoms with Crippen LogP contribution in [0.5, 0.6) is 0 Å². The van der Waals surface area contributed by atoms with Crippen LogP contribution in [0.2, 0.25) is 0 Å². The van der Waals surface area contributed by atoms with Crippen molar-refractivity contribution < 1.29 is 23.1 Å². The van der Waals surface area contributed by atoms with E-state index in [4.69, 9.17) is 0 Å². The van der Waals surface area contributed by atoms with Crippen LogP contribution < -0.4 is 0 Å².